The Morgan fingerprint density at radius 2 is 2.00 bits per heavy atom. The lowest BCUT2D eigenvalue weighted by Crippen LogP contribution is -1.57. The van der Waals surface area contributed by atoms with Gasteiger partial charge in [0.1, 0.15) is 0 Å². The van der Waals surface area contributed by atoms with E-state index in [1.54, 1.807) is 0 Å². The first kappa shape index (κ1) is 5.35. The Bertz CT molecular complexity index is 22.8. The van der Waals surface area contributed by atoms with Gasteiger partial charge in [-0.05, 0) is 0 Å². The van der Waals surface area contributed by atoms with Crippen LogP contribution in [0.3, 0.4) is 0 Å². The fraction of sp³-hybridized carbons (Fsp3) is 1.00. The van der Waals surface area contributed by atoms with Gasteiger partial charge in [-0.1, -0.05) is 14.4 Å². The summed E-state index contributed by atoms with van der Waals surface area (Å²) < 4.78 is 0. The molecule has 0 aliphatic carbocycles. The van der Waals surface area contributed by atoms with Crippen LogP contribution in [0.4, 0.5) is 0 Å². The van der Waals surface area contributed by atoms with Gasteiger partial charge in [0.05, 0.1) is 0 Å². The molecule has 0 bridgehead atoms. The smallest absolute Gasteiger partial charge is 0.0110 e. The molecule has 5 heavy (non-hydrogen) atoms. The second-order valence-electron chi connectivity index (χ2n) is 1.14. The van der Waals surface area contributed by atoms with E-state index in [9.17, 15) is 0 Å². The first-order valence-corrected chi connectivity index (χ1v) is 2.56. The molecule has 1 aliphatic rings. The van der Waals surface area contributed by atoms with E-state index in [1.165, 1.54) is 5.75 Å². The standard InChI is InChI=1S/C3H6S.CH4/c1-3-2-4-3;/h3H,2H2,1H3;1H4. The summed E-state index contributed by atoms with van der Waals surface area (Å²) in [6.45, 7) is 2.24. The molecule has 0 aromatic rings. The maximum Gasteiger partial charge on any atom is 0.0110 e. The zero-order valence-electron chi connectivity index (χ0n) is 2.69. The summed E-state index contributed by atoms with van der Waals surface area (Å²) in [5.41, 5.74) is 0. The van der Waals surface area contributed by atoms with E-state index in [0.717, 1.165) is 5.25 Å². The molecular formula is C4H10S. The van der Waals surface area contributed by atoms with Crippen molar-refractivity contribution in [2.24, 2.45) is 0 Å². The van der Waals surface area contributed by atoms with Crippen LogP contribution in [0.5, 0.6) is 0 Å². The topological polar surface area (TPSA) is 0 Å². The van der Waals surface area contributed by atoms with Crippen molar-refractivity contribution >= 4 is 11.8 Å². The molecule has 0 amide bonds. The van der Waals surface area contributed by atoms with Crippen LogP contribution in [0.1, 0.15) is 14.4 Å². The van der Waals surface area contributed by atoms with Gasteiger partial charge in [0.25, 0.3) is 0 Å². The molecule has 0 nitrogen and oxygen atoms in total. The lowest BCUT2D eigenvalue weighted by Gasteiger charge is -1.50. The second kappa shape index (κ2) is 1.71. The number of thioether (sulfide) groups is 1. The van der Waals surface area contributed by atoms with E-state index >= 15 is 0 Å². The highest BCUT2D eigenvalue weighted by molar-refractivity contribution is 8.06. The highest BCUT2D eigenvalue weighted by Crippen LogP contribution is 2.28. The third kappa shape index (κ3) is 2.14. The van der Waals surface area contributed by atoms with Crippen molar-refractivity contribution < 1.29 is 0 Å². The Labute approximate surface area is 38.0 Å². The molecule has 0 radical (unpaired) electrons. The normalized spacial score (nSPS) is 31.8. The van der Waals surface area contributed by atoms with Crippen LogP contribution < -0.4 is 0 Å². The molecule has 0 spiro atoms. The fourth-order valence-corrected chi connectivity index (χ4v) is 0.289. The third-order valence-corrected chi connectivity index (χ3v) is 1.50. The van der Waals surface area contributed by atoms with E-state index in [1.807, 2.05) is 11.8 Å². The molecule has 1 heterocycles. The van der Waals surface area contributed by atoms with Gasteiger partial charge in [0.15, 0.2) is 0 Å². The number of hydrogen-bond donors (Lipinski definition) is 0. The van der Waals surface area contributed by atoms with Gasteiger partial charge in [0, 0.05) is 11.0 Å². The maximum atomic E-state index is 2.24. The van der Waals surface area contributed by atoms with Crippen molar-refractivity contribution in [3.8, 4) is 0 Å². The Morgan fingerprint density at radius 1 is 1.80 bits per heavy atom. The van der Waals surface area contributed by atoms with E-state index in [-0.39, 0.29) is 7.43 Å². The molecule has 1 rings (SSSR count). The van der Waals surface area contributed by atoms with Crippen LogP contribution >= 0.6 is 11.8 Å². The summed E-state index contributed by atoms with van der Waals surface area (Å²) in [5, 5.41) is 1.000. The molecule has 0 aromatic heterocycles. The molecule has 0 aromatic carbocycles. The van der Waals surface area contributed by atoms with Gasteiger partial charge in [0.2, 0.25) is 0 Å². The van der Waals surface area contributed by atoms with Crippen molar-refractivity contribution in [2.45, 2.75) is 19.6 Å². The quantitative estimate of drug-likeness (QED) is 0.408. The zero-order valence-corrected chi connectivity index (χ0v) is 3.51. The van der Waals surface area contributed by atoms with Crippen LogP contribution in [-0.2, 0) is 0 Å². The largest absolute Gasteiger partial charge is 0.157 e. The summed E-state index contributed by atoms with van der Waals surface area (Å²) in [7, 11) is 0. The molecule has 0 N–H and O–H groups in total. The Kier molecular flexibility index (Phi) is 1.82. The SMILES string of the molecule is C.CC1CS1. The predicted molar refractivity (Wildman–Crippen MR) is 28.7 cm³/mol. The average molecular weight is 90.2 g/mol. The van der Waals surface area contributed by atoms with Crippen molar-refractivity contribution in [1.29, 1.82) is 0 Å². The van der Waals surface area contributed by atoms with E-state index < -0.39 is 0 Å². The first-order valence-electron chi connectivity index (χ1n) is 1.51. The van der Waals surface area contributed by atoms with Crippen molar-refractivity contribution in [1.82, 2.24) is 0 Å². The summed E-state index contributed by atoms with van der Waals surface area (Å²) in [6, 6.07) is 0. The third-order valence-electron chi connectivity index (χ3n) is 0.500. The van der Waals surface area contributed by atoms with E-state index in [0.29, 0.717) is 0 Å². The summed E-state index contributed by atoms with van der Waals surface area (Å²) in [6.07, 6.45) is 0. The molecule has 0 saturated carbocycles. The molecule has 1 atom stereocenters. The molecular weight excluding hydrogens is 80.1 g/mol. The van der Waals surface area contributed by atoms with Crippen molar-refractivity contribution in [2.75, 3.05) is 5.75 Å². The minimum absolute atomic E-state index is 0. The lowest BCUT2D eigenvalue weighted by atomic mass is 10.6. The summed E-state index contributed by atoms with van der Waals surface area (Å²) in [5.74, 6) is 1.40. The van der Waals surface area contributed by atoms with Gasteiger partial charge < -0.3 is 0 Å². The van der Waals surface area contributed by atoms with Gasteiger partial charge in [-0.25, -0.2) is 0 Å². The highest BCUT2D eigenvalue weighted by Gasteiger charge is 2.13. The molecule has 1 heteroatoms. The predicted octanol–water partition coefficient (Wildman–Crippen LogP) is 1.76. The monoisotopic (exact) mass is 90.1 g/mol. The molecule has 1 saturated heterocycles. The van der Waals surface area contributed by atoms with Crippen LogP contribution in [0.25, 0.3) is 0 Å². The zero-order chi connectivity index (χ0) is 2.99. The maximum absolute atomic E-state index is 2.24. The van der Waals surface area contributed by atoms with E-state index in [4.69, 9.17) is 0 Å². The second-order valence-corrected chi connectivity index (χ2v) is 2.62. The van der Waals surface area contributed by atoms with E-state index in [2.05, 4.69) is 6.92 Å². The summed E-state index contributed by atoms with van der Waals surface area (Å²) in [4.78, 5) is 0. The molecule has 1 aliphatic heterocycles. The van der Waals surface area contributed by atoms with Gasteiger partial charge >= 0.3 is 0 Å². The highest BCUT2D eigenvalue weighted by atomic mass is 32.2. The van der Waals surface area contributed by atoms with Gasteiger partial charge in [-0.15, -0.1) is 0 Å². The summed E-state index contributed by atoms with van der Waals surface area (Å²) >= 11 is 2.02. The van der Waals surface area contributed by atoms with Crippen LogP contribution in [-0.4, -0.2) is 11.0 Å². The van der Waals surface area contributed by atoms with Gasteiger partial charge in [-0.3, -0.25) is 0 Å². The van der Waals surface area contributed by atoms with Crippen molar-refractivity contribution in [3.05, 3.63) is 0 Å². The van der Waals surface area contributed by atoms with Gasteiger partial charge in [-0.2, -0.15) is 11.8 Å². The minimum Gasteiger partial charge on any atom is -0.157 e. The van der Waals surface area contributed by atoms with Crippen molar-refractivity contribution in [3.63, 3.8) is 0 Å². The first-order chi connectivity index (χ1) is 1.89. The van der Waals surface area contributed by atoms with Crippen LogP contribution in [0.2, 0.25) is 0 Å². The Morgan fingerprint density at radius 3 is 2.00 bits per heavy atom. The number of rotatable bonds is 0. The van der Waals surface area contributed by atoms with Crippen LogP contribution in [0.15, 0.2) is 0 Å². The fourth-order valence-electron chi connectivity index (χ4n) is 0.0962. The minimum atomic E-state index is 0. The molecule has 32 valence electrons. The molecule has 1 unspecified atom stereocenters. The number of hydrogen-bond acceptors (Lipinski definition) is 1. The molecule has 1 fully saturated rings. The Balaban J connectivity index is 0.000000160. The Hall–Kier alpha value is 0.350. The average Bonchev–Trinajstić information content (AvgIpc) is 1.75. The van der Waals surface area contributed by atoms with Crippen LogP contribution in [0, 0.1) is 0 Å². The lowest BCUT2D eigenvalue weighted by molar-refractivity contribution is 1.25.